The highest BCUT2D eigenvalue weighted by atomic mass is 15.1. The molecule has 0 bridgehead atoms. The predicted molar refractivity (Wildman–Crippen MR) is 67.6 cm³/mol. The maximum atomic E-state index is 4.56. The Hall–Kier alpha value is -2.49. The van der Waals surface area contributed by atoms with E-state index in [-0.39, 0.29) is 6.17 Å². The molecule has 0 aliphatic carbocycles. The van der Waals surface area contributed by atoms with Gasteiger partial charge in [0, 0.05) is 0 Å². The molecule has 0 fully saturated rings. The molecule has 1 aliphatic heterocycles. The summed E-state index contributed by atoms with van der Waals surface area (Å²) >= 11 is 0. The molecule has 1 N–H and O–H groups in total. The molecule has 1 aromatic heterocycles. The van der Waals surface area contributed by atoms with Gasteiger partial charge in [0.25, 0.3) is 0 Å². The lowest BCUT2D eigenvalue weighted by Gasteiger charge is -1.97. The number of para-hydroxylation sites is 4. The molecule has 0 unspecified atom stereocenters. The van der Waals surface area contributed by atoms with Crippen molar-refractivity contribution in [3.8, 4) is 0 Å². The average Bonchev–Trinajstić information content (AvgIpc) is 3.02. The standard InChI is InChI=1S/C14H10N4/c1-2-6-10-9(5-1)15-13(16-10)14-17-11-7-3-4-8-12(11)18-14/h1-8,13H,(H,17,18). The highest BCUT2D eigenvalue weighted by molar-refractivity contribution is 5.74. The van der Waals surface area contributed by atoms with E-state index in [0.717, 1.165) is 27.6 Å². The topological polar surface area (TPSA) is 53.4 Å². The molecule has 4 heteroatoms. The first-order valence-corrected chi connectivity index (χ1v) is 5.85. The Morgan fingerprint density at radius 1 is 0.833 bits per heavy atom. The van der Waals surface area contributed by atoms with Crippen LogP contribution in [0, 0.1) is 0 Å². The third kappa shape index (κ3) is 1.35. The van der Waals surface area contributed by atoms with E-state index in [4.69, 9.17) is 0 Å². The number of aromatic amines is 1. The van der Waals surface area contributed by atoms with Gasteiger partial charge in [0.15, 0.2) is 12.0 Å². The molecule has 2 heterocycles. The summed E-state index contributed by atoms with van der Waals surface area (Å²) in [7, 11) is 0. The van der Waals surface area contributed by atoms with Gasteiger partial charge in [-0.1, -0.05) is 24.3 Å². The van der Waals surface area contributed by atoms with Crippen LogP contribution in [0.4, 0.5) is 0 Å². The average molecular weight is 234 g/mol. The molecular weight excluding hydrogens is 224 g/mol. The summed E-state index contributed by atoms with van der Waals surface area (Å²) in [6, 6.07) is 15.8. The molecule has 0 saturated heterocycles. The normalized spacial score (nSPS) is 14.2. The number of imidazole rings is 1. The van der Waals surface area contributed by atoms with Crippen molar-refractivity contribution in [1.29, 1.82) is 0 Å². The van der Waals surface area contributed by atoms with Crippen LogP contribution < -0.4 is 10.7 Å². The number of rotatable bonds is 1. The molecule has 86 valence electrons. The Morgan fingerprint density at radius 2 is 1.50 bits per heavy atom. The van der Waals surface area contributed by atoms with Gasteiger partial charge >= 0.3 is 0 Å². The van der Waals surface area contributed by atoms with Crippen LogP contribution in [-0.4, -0.2) is 9.97 Å². The van der Waals surface area contributed by atoms with Crippen molar-refractivity contribution in [3.63, 3.8) is 0 Å². The van der Waals surface area contributed by atoms with Gasteiger partial charge in [-0.05, 0) is 24.3 Å². The molecule has 0 radical (unpaired) electrons. The minimum absolute atomic E-state index is 0.241. The van der Waals surface area contributed by atoms with Gasteiger partial charge in [-0.15, -0.1) is 0 Å². The Balaban J connectivity index is 1.88. The van der Waals surface area contributed by atoms with E-state index in [0.29, 0.717) is 0 Å². The summed E-state index contributed by atoms with van der Waals surface area (Å²) < 4.78 is 0. The summed E-state index contributed by atoms with van der Waals surface area (Å²) in [6.45, 7) is 0. The second kappa shape index (κ2) is 3.50. The van der Waals surface area contributed by atoms with Crippen molar-refractivity contribution >= 4 is 11.0 Å². The zero-order chi connectivity index (χ0) is 11.9. The predicted octanol–water partition coefficient (Wildman–Crippen LogP) is 1.51. The fourth-order valence-corrected chi connectivity index (χ4v) is 2.19. The van der Waals surface area contributed by atoms with Crippen molar-refractivity contribution in [2.75, 3.05) is 0 Å². The Labute approximate surface area is 103 Å². The second-order valence-corrected chi connectivity index (χ2v) is 4.26. The van der Waals surface area contributed by atoms with E-state index in [9.17, 15) is 0 Å². The van der Waals surface area contributed by atoms with Crippen molar-refractivity contribution in [2.45, 2.75) is 6.17 Å². The third-order valence-electron chi connectivity index (χ3n) is 3.06. The molecule has 0 atom stereocenters. The van der Waals surface area contributed by atoms with Crippen LogP contribution in [0.5, 0.6) is 0 Å². The van der Waals surface area contributed by atoms with Crippen LogP contribution >= 0.6 is 0 Å². The van der Waals surface area contributed by atoms with Crippen LogP contribution in [0.3, 0.4) is 0 Å². The summed E-state index contributed by atoms with van der Waals surface area (Å²) in [5.41, 5.74) is 1.97. The first kappa shape index (κ1) is 9.53. The second-order valence-electron chi connectivity index (χ2n) is 4.26. The molecule has 18 heavy (non-hydrogen) atoms. The summed E-state index contributed by atoms with van der Waals surface area (Å²) in [4.78, 5) is 16.9. The summed E-state index contributed by atoms with van der Waals surface area (Å²) in [6.07, 6.45) is -0.241. The lowest BCUT2D eigenvalue weighted by atomic mass is 10.3. The molecule has 4 nitrogen and oxygen atoms in total. The van der Waals surface area contributed by atoms with Crippen molar-refractivity contribution in [2.24, 2.45) is 9.98 Å². The Morgan fingerprint density at radius 3 is 2.22 bits per heavy atom. The molecular formula is C14H10N4. The van der Waals surface area contributed by atoms with E-state index in [1.165, 1.54) is 0 Å². The van der Waals surface area contributed by atoms with Gasteiger partial charge in [-0.2, -0.15) is 0 Å². The van der Waals surface area contributed by atoms with E-state index in [1.54, 1.807) is 0 Å². The number of hydrogen-bond donors (Lipinski definition) is 1. The zero-order valence-corrected chi connectivity index (χ0v) is 9.54. The molecule has 0 spiro atoms. The monoisotopic (exact) mass is 234 g/mol. The number of aromatic nitrogens is 2. The van der Waals surface area contributed by atoms with Crippen molar-refractivity contribution < 1.29 is 0 Å². The smallest absolute Gasteiger partial charge is 0.198 e. The number of hydrogen-bond acceptors (Lipinski definition) is 3. The maximum absolute atomic E-state index is 4.56. The number of benzene rings is 2. The van der Waals surface area contributed by atoms with Gasteiger partial charge in [0.2, 0.25) is 0 Å². The van der Waals surface area contributed by atoms with Gasteiger partial charge < -0.3 is 4.98 Å². The van der Waals surface area contributed by atoms with Crippen LogP contribution in [0.15, 0.2) is 58.5 Å². The van der Waals surface area contributed by atoms with E-state index >= 15 is 0 Å². The number of nitrogens with zero attached hydrogens (tertiary/aromatic N) is 3. The number of nitrogens with one attached hydrogen (secondary N) is 1. The van der Waals surface area contributed by atoms with Crippen molar-refractivity contribution in [1.82, 2.24) is 9.97 Å². The van der Waals surface area contributed by atoms with Gasteiger partial charge in [0.1, 0.15) is 0 Å². The highest BCUT2D eigenvalue weighted by Gasteiger charge is 2.16. The minimum atomic E-state index is -0.241. The van der Waals surface area contributed by atoms with Crippen LogP contribution in [-0.2, 0) is 0 Å². The molecule has 0 saturated carbocycles. The molecule has 4 rings (SSSR count). The summed E-state index contributed by atoms with van der Waals surface area (Å²) in [5.74, 6) is 0.799. The van der Waals surface area contributed by atoms with Crippen molar-refractivity contribution in [3.05, 3.63) is 65.1 Å². The molecule has 3 aromatic rings. The van der Waals surface area contributed by atoms with Crippen LogP contribution in [0.2, 0.25) is 0 Å². The maximum Gasteiger partial charge on any atom is 0.198 e. The minimum Gasteiger partial charge on any atom is -0.338 e. The van der Waals surface area contributed by atoms with Gasteiger partial charge in [-0.3, -0.25) is 0 Å². The Bertz CT molecular complexity index is 779. The van der Waals surface area contributed by atoms with Crippen LogP contribution in [0.1, 0.15) is 12.0 Å². The lowest BCUT2D eigenvalue weighted by molar-refractivity contribution is 0.721. The highest BCUT2D eigenvalue weighted by Crippen LogP contribution is 2.19. The Kier molecular flexibility index (Phi) is 1.85. The molecule has 0 amide bonds. The van der Waals surface area contributed by atoms with Gasteiger partial charge in [0.05, 0.1) is 21.7 Å². The first-order valence-electron chi connectivity index (χ1n) is 5.85. The fourth-order valence-electron chi connectivity index (χ4n) is 2.19. The number of fused-ring (bicyclic) bond motifs is 2. The quantitative estimate of drug-likeness (QED) is 0.681. The third-order valence-corrected chi connectivity index (χ3v) is 3.06. The largest absolute Gasteiger partial charge is 0.338 e. The molecule has 1 aliphatic rings. The summed E-state index contributed by atoms with van der Waals surface area (Å²) in [5, 5.41) is 1.87. The van der Waals surface area contributed by atoms with Gasteiger partial charge in [-0.25, -0.2) is 15.0 Å². The first-order chi connectivity index (χ1) is 8.90. The van der Waals surface area contributed by atoms with E-state index in [1.807, 2.05) is 48.5 Å². The zero-order valence-electron chi connectivity index (χ0n) is 9.54. The van der Waals surface area contributed by atoms with E-state index < -0.39 is 0 Å². The van der Waals surface area contributed by atoms with Crippen LogP contribution in [0.25, 0.3) is 11.0 Å². The molecule has 2 aromatic carbocycles. The fraction of sp³-hybridized carbons (Fsp3) is 0.0714. The number of H-pyrrole nitrogens is 1. The SMILES string of the molecule is c1ccc2c(c1)=NC(c1nc3ccccc3[nH]1)N=2. The van der Waals surface area contributed by atoms with E-state index in [2.05, 4.69) is 20.0 Å². The lowest BCUT2D eigenvalue weighted by Crippen LogP contribution is -2.19.